The Balaban J connectivity index is 2.63. The predicted octanol–water partition coefficient (Wildman–Crippen LogP) is 0.527. The molecule has 10 heavy (non-hydrogen) atoms. The van der Waals surface area contributed by atoms with Crippen molar-refractivity contribution in [1.82, 2.24) is 0 Å². The van der Waals surface area contributed by atoms with Crippen LogP contribution in [0, 0.1) is 5.92 Å². The Morgan fingerprint density at radius 3 is 2.50 bits per heavy atom. The van der Waals surface area contributed by atoms with Crippen LogP contribution in [-0.2, 0) is 14.3 Å². The van der Waals surface area contributed by atoms with Crippen LogP contribution >= 0.6 is 0 Å². The molecule has 1 heterocycles. The van der Waals surface area contributed by atoms with Crippen molar-refractivity contribution in [3.63, 3.8) is 0 Å². The van der Waals surface area contributed by atoms with Gasteiger partial charge in [0, 0.05) is 5.92 Å². The highest BCUT2D eigenvalue weighted by atomic mass is 16.6. The van der Waals surface area contributed by atoms with E-state index in [4.69, 9.17) is 4.74 Å². The van der Waals surface area contributed by atoms with Gasteiger partial charge in [-0.15, -0.1) is 0 Å². The molecule has 2 atom stereocenters. The maximum atomic E-state index is 10.7. The van der Waals surface area contributed by atoms with E-state index in [1.165, 1.54) is 6.92 Å². The first-order valence-electron chi connectivity index (χ1n) is 3.31. The monoisotopic (exact) mass is 142 g/mol. The number of carbonyl (C=O) groups excluding carboxylic acids is 2. The second-order valence-electron chi connectivity index (χ2n) is 2.70. The fourth-order valence-corrected chi connectivity index (χ4v) is 1.16. The summed E-state index contributed by atoms with van der Waals surface area (Å²) in [4.78, 5) is 21.3. The van der Waals surface area contributed by atoms with Crippen LogP contribution in [0.1, 0.15) is 20.3 Å². The topological polar surface area (TPSA) is 43.4 Å². The Bertz CT molecular complexity index is 174. The maximum Gasteiger partial charge on any atom is 0.306 e. The van der Waals surface area contributed by atoms with Gasteiger partial charge in [-0.05, 0) is 6.92 Å². The van der Waals surface area contributed by atoms with Crippen LogP contribution in [0.5, 0.6) is 0 Å². The fraction of sp³-hybridized carbons (Fsp3) is 0.714. The number of rotatable bonds is 1. The van der Waals surface area contributed by atoms with Gasteiger partial charge in [0.25, 0.3) is 0 Å². The Morgan fingerprint density at radius 1 is 1.70 bits per heavy atom. The SMILES string of the molecule is CC(=O)[C@@H]1OC(=O)C[C@@H]1C. The Morgan fingerprint density at radius 2 is 2.30 bits per heavy atom. The first kappa shape index (κ1) is 7.25. The minimum absolute atomic E-state index is 0.0571. The number of esters is 1. The van der Waals surface area contributed by atoms with Crippen LogP contribution in [0.3, 0.4) is 0 Å². The zero-order chi connectivity index (χ0) is 7.72. The lowest BCUT2D eigenvalue weighted by Crippen LogP contribution is -2.22. The summed E-state index contributed by atoms with van der Waals surface area (Å²) in [6.07, 6.45) is -0.1000. The molecule has 0 bridgehead atoms. The summed E-state index contributed by atoms with van der Waals surface area (Å²) < 4.78 is 4.75. The van der Waals surface area contributed by atoms with Crippen molar-refractivity contribution in [3.05, 3.63) is 0 Å². The van der Waals surface area contributed by atoms with Crippen LogP contribution in [0.4, 0.5) is 0 Å². The van der Waals surface area contributed by atoms with Gasteiger partial charge in [0.15, 0.2) is 11.9 Å². The highest BCUT2D eigenvalue weighted by molar-refractivity contribution is 5.86. The summed E-state index contributed by atoms with van der Waals surface area (Å²) >= 11 is 0. The summed E-state index contributed by atoms with van der Waals surface area (Å²) in [5.41, 5.74) is 0. The molecule has 0 radical (unpaired) electrons. The van der Waals surface area contributed by atoms with Gasteiger partial charge in [0.1, 0.15) is 0 Å². The molecule has 0 aromatic rings. The number of ketones is 1. The first-order chi connectivity index (χ1) is 4.61. The van der Waals surface area contributed by atoms with Gasteiger partial charge in [-0.2, -0.15) is 0 Å². The molecular weight excluding hydrogens is 132 g/mol. The lowest BCUT2D eigenvalue weighted by atomic mass is 10.0. The lowest BCUT2D eigenvalue weighted by molar-refractivity contribution is -0.147. The van der Waals surface area contributed by atoms with Crippen LogP contribution in [0.2, 0.25) is 0 Å². The minimum atomic E-state index is -0.479. The molecule has 1 aliphatic rings. The van der Waals surface area contributed by atoms with E-state index in [-0.39, 0.29) is 17.7 Å². The van der Waals surface area contributed by atoms with Gasteiger partial charge in [0.2, 0.25) is 0 Å². The Labute approximate surface area is 59.4 Å². The maximum absolute atomic E-state index is 10.7. The standard InChI is InChI=1S/C7H10O3/c1-4-3-6(9)10-7(4)5(2)8/h4,7H,3H2,1-2H3/t4-,7+/m0/s1. The van der Waals surface area contributed by atoms with Crippen LogP contribution in [0.25, 0.3) is 0 Å². The number of hydrogen-bond acceptors (Lipinski definition) is 3. The van der Waals surface area contributed by atoms with E-state index >= 15 is 0 Å². The van der Waals surface area contributed by atoms with Gasteiger partial charge in [-0.1, -0.05) is 6.92 Å². The third kappa shape index (κ3) is 1.17. The van der Waals surface area contributed by atoms with Crippen molar-refractivity contribution in [1.29, 1.82) is 0 Å². The molecule has 0 aliphatic carbocycles. The summed E-state index contributed by atoms with van der Waals surface area (Å²) in [7, 11) is 0. The second kappa shape index (κ2) is 2.40. The van der Waals surface area contributed by atoms with E-state index in [0.717, 1.165) is 0 Å². The van der Waals surface area contributed by atoms with E-state index in [0.29, 0.717) is 6.42 Å². The zero-order valence-electron chi connectivity index (χ0n) is 6.09. The van der Waals surface area contributed by atoms with Crippen LogP contribution < -0.4 is 0 Å². The van der Waals surface area contributed by atoms with E-state index in [2.05, 4.69) is 0 Å². The van der Waals surface area contributed by atoms with Crippen molar-refractivity contribution in [2.45, 2.75) is 26.4 Å². The van der Waals surface area contributed by atoms with Crippen molar-refractivity contribution in [2.75, 3.05) is 0 Å². The molecule has 0 saturated carbocycles. The zero-order valence-corrected chi connectivity index (χ0v) is 6.09. The molecule has 56 valence electrons. The number of hydrogen-bond donors (Lipinski definition) is 0. The van der Waals surface area contributed by atoms with E-state index in [1.807, 2.05) is 6.92 Å². The molecule has 1 aliphatic heterocycles. The lowest BCUT2D eigenvalue weighted by Gasteiger charge is -2.07. The first-order valence-corrected chi connectivity index (χ1v) is 3.31. The largest absolute Gasteiger partial charge is 0.454 e. The van der Waals surface area contributed by atoms with Crippen LogP contribution in [0.15, 0.2) is 0 Å². The molecule has 0 amide bonds. The highest BCUT2D eigenvalue weighted by Crippen LogP contribution is 2.21. The quantitative estimate of drug-likeness (QED) is 0.501. The Hall–Kier alpha value is -0.860. The van der Waals surface area contributed by atoms with E-state index in [9.17, 15) is 9.59 Å². The average molecular weight is 142 g/mol. The molecule has 0 spiro atoms. The molecule has 3 heteroatoms. The molecule has 3 nitrogen and oxygen atoms in total. The van der Waals surface area contributed by atoms with Gasteiger partial charge in [0.05, 0.1) is 6.42 Å². The summed E-state index contributed by atoms with van der Waals surface area (Å²) in [5, 5.41) is 0. The predicted molar refractivity (Wildman–Crippen MR) is 34.3 cm³/mol. The van der Waals surface area contributed by atoms with E-state index in [1.54, 1.807) is 0 Å². The third-order valence-corrected chi connectivity index (χ3v) is 1.66. The number of cyclic esters (lactones) is 1. The smallest absolute Gasteiger partial charge is 0.306 e. The molecule has 1 saturated heterocycles. The van der Waals surface area contributed by atoms with Gasteiger partial charge in [-0.25, -0.2) is 0 Å². The molecule has 0 aromatic heterocycles. The molecule has 0 N–H and O–H groups in total. The number of ether oxygens (including phenoxy) is 1. The molecular formula is C7H10O3. The van der Waals surface area contributed by atoms with Crippen molar-refractivity contribution < 1.29 is 14.3 Å². The highest BCUT2D eigenvalue weighted by Gasteiger charge is 2.34. The third-order valence-electron chi connectivity index (χ3n) is 1.66. The minimum Gasteiger partial charge on any atom is -0.454 e. The summed E-state index contributed by atoms with van der Waals surface area (Å²) in [6, 6.07) is 0. The van der Waals surface area contributed by atoms with Gasteiger partial charge >= 0.3 is 5.97 Å². The summed E-state index contributed by atoms with van der Waals surface area (Å²) in [6.45, 7) is 3.29. The van der Waals surface area contributed by atoms with Crippen molar-refractivity contribution in [2.24, 2.45) is 5.92 Å². The van der Waals surface area contributed by atoms with Gasteiger partial charge < -0.3 is 4.74 Å². The number of Topliss-reactive ketones (excluding diaryl/α,β-unsaturated/α-hetero) is 1. The molecule has 0 unspecified atom stereocenters. The Kier molecular flexibility index (Phi) is 1.74. The summed E-state index contributed by atoms with van der Waals surface area (Å²) in [5.74, 6) is -0.254. The van der Waals surface area contributed by atoms with Gasteiger partial charge in [-0.3, -0.25) is 9.59 Å². The van der Waals surface area contributed by atoms with Crippen LogP contribution in [-0.4, -0.2) is 17.9 Å². The fourth-order valence-electron chi connectivity index (χ4n) is 1.16. The second-order valence-corrected chi connectivity index (χ2v) is 2.70. The normalized spacial score (nSPS) is 32.0. The molecule has 0 aromatic carbocycles. The van der Waals surface area contributed by atoms with Crippen molar-refractivity contribution in [3.8, 4) is 0 Å². The molecule has 1 rings (SSSR count). The number of carbonyl (C=O) groups is 2. The molecule has 1 fully saturated rings. The van der Waals surface area contributed by atoms with E-state index < -0.39 is 6.10 Å². The van der Waals surface area contributed by atoms with Crippen molar-refractivity contribution >= 4 is 11.8 Å². The average Bonchev–Trinajstić information content (AvgIpc) is 2.10.